The van der Waals surface area contributed by atoms with Crippen LogP contribution in [0.3, 0.4) is 0 Å². The summed E-state index contributed by atoms with van der Waals surface area (Å²) in [6, 6.07) is 19.8. The van der Waals surface area contributed by atoms with E-state index in [1.165, 1.54) is 30.6 Å². The first kappa shape index (κ1) is 19.6. The van der Waals surface area contributed by atoms with Crippen molar-refractivity contribution in [3.8, 4) is 0 Å². The molecule has 0 atom stereocenters. The summed E-state index contributed by atoms with van der Waals surface area (Å²) in [5, 5.41) is 2.79. The second-order valence-corrected chi connectivity index (χ2v) is 8.84. The first-order chi connectivity index (χ1) is 13.9. The Kier molecular flexibility index (Phi) is 5.41. The molecule has 0 fully saturated rings. The van der Waals surface area contributed by atoms with E-state index in [4.69, 9.17) is 23.2 Å². The van der Waals surface area contributed by atoms with Crippen LogP contribution in [-0.2, 0) is 16.4 Å². The Hall–Kier alpha value is -2.67. The third-order valence-corrected chi connectivity index (χ3v) is 6.43. The SMILES string of the molecule is O=S(=O)(Nc1ncnc(Cl)c1Cc1cccc2ccccc12)c1ccc(Cl)cc1. The maximum Gasteiger partial charge on any atom is 0.263 e. The molecule has 0 aliphatic heterocycles. The Bertz CT molecular complexity index is 1290. The monoisotopic (exact) mass is 443 g/mol. The molecule has 0 saturated carbocycles. The number of hydrogen-bond acceptors (Lipinski definition) is 4. The lowest BCUT2D eigenvalue weighted by molar-refractivity contribution is 0.601. The molecular weight excluding hydrogens is 429 g/mol. The van der Waals surface area contributed by atoms with Gasteiger partial charge >= 0.3 is 0 Å². The lowest BCUT2D eigenvalue weighted by Crippen LogP contribution is -2.16. The fraction of sp³-hybridized carbons (Fsp3) is 0.0476. The second kappa shape index (κ2) is 7.99. The maximum atomic E-state index is 12.8. The molecule has 1 aromatic heterocycles. The van der Waals surface area contributed by atoms with Gasteiger partial charge in [0.25, 0.3) is 10.0 Å². The van der Waals surface area contributed by atoms with Crippen molar-refractivity contribution in [1.29, 1.82) is 0 Å². The van der Waals surface area contributed by atoms with Gasteiger partial charge in [-0.25, -0.2) is 18.4 Å². The largest absolute Gasteiger partial charge is 0.263 e. The molecule has 0 aliphatic carbocycles. The number of benzene rings is 3. The van der Waals surface area contributed by atoms with Gasteiger partial charge in [0.1, 0.15) is 17.3 Å². The summed E-state index contributed by atoms with van der Waals surface area (Å²) in [5.74, 6) is 0.146. The van der Waals surface area contributed by atoms with Gasteiger partial charge in [-0.05, 0) is 40.6 Å². The smallest absolute Gasteiger partial charge is 0.263 e. The predicted octanol–water partition coefficient (Wildman–Crippen LogP) is 5.33. The van der Waals surface area contributed by atoms with Crippen molar-refractivity contribution < 1.29 is 8.42 Å². The summed E-state index contributed by atoms with van der Waals surface area (Å²) in [5.41, 5.74) is 1.50. The highest BCUT2D eigenvalue weighted by Crippen LogP contribution is 2.28. The summed E-state index contributed by atoms with van der Waals surface area (Å²) in [4.78, 5) is 8.24. The van der Waals surface area contributed by atoms with Crippen molar-refractivity contribution in [2.24, 2.45) is 0 Å². The van der Waals surface area contributed by atoms with Crippen LogP contribution in [0.25, 0.3) is 10.8 Å². The summed E-state index contributed by atoms with van der Waals surface area (Å²) >= 11 is 12.2. The van der Waals surface area contributed by atoms with Crippen LogP contribution in [-0.4, -0.2) is 18.4 Å². The van der Waals surface area contributed by atoms with Gasteiger partial charge in [0, 0.05) is 17.0 Å². The highest BCUT2D eigenvalue weighted by Gasteiger charge is 2.19. The van der Waals surface area contributed by atoms with Gasteiger partial charge in [-0.15, -0.1) is 0 Å². The van der Waals surface area contributed by atoms with Crippen LogP contribution < -0.4 is 4.72 Å². The Labute approximate surface area is 178 Å². The second-order valence-electron chi connectivity index (χ2n) is 6.37. The van der Waals surface area contributed by atoms with Crippen molar-refractivity contribution in [1.82, 2.24) is 9.97 Å². The van der Waals surface area contributed by atoms with Crippen LogP contribution in [0, 0.1) is 0 Å². The van der Waals surface area contributed by atoms with Gasteiger partial charge in [-0.1, -0.05) is 65.7 Å². The van der Waals surface area contributed by atoms with E-state index in [1.807, 2.05) is 42.5 Å². The fourth-order valence-corrected chi connectivity index (χ4v) is 4.44. The summed E-state index contributed by atoms with van der Waals surface area (Å²) in [7, 11) is -3.86. The molecule has 0 spiro atoms. The van der Waals surface area contributed by atoms with Gasteiger partial charge in [0.15, 0.2) is 0 Å². The number of hydrogen-bond donors (Lipinski definition) is 1. The van der Waals surface area contributed by atoms with Crippen LogP contribution in [0.2, 0.25) is 10.2 Å². The van der Waals surface area contributed by atoms with Crippen molar-refractivity contribution in [3.05, 3.63) is 94.4 Å². The molecule has 0 amide bonds. The molecule has 5 nitrogen and oxygen atoms in total. The molecule has 0 saturated heterocycles. The van der Waals surface area contributed by atoms with Gasteiger partial charge in [-0.3, -0.25) is 4.72 Å². The minimum absolute atomic E-state index is 0.0766. The molecular formula is C21H15Cl2N3O2S. The number of aromatic nitrogens is 2. The fourth-order valence-electron chi connectivity index (χ4n) is 3.07. The molecule has 1 N–H and O–H groups in total. The minimum atomic E-state index is -3.86. The zero-order valence-corrected chi connectivity index (χ0v) is 17.3. The van der Waals surface area contributed by atoms with E-state index in [9.17, 15) is 8.42 Å². The number of nitrogens with zero attached hydrogens (tertiary/aromatic N) is 2. The van der Waals surface area contributed by atoms with E-state index in [2.05, 4.69) is 14.7 Å². The Balaban J connectivity index is 1.73. The van der Waals surface area contributed by atoms with Crippen LogP contribution in [0.15, 0.2) is 78.0 Å². The van der Waals surface area contributed by atoms with Gasteiger partial charge in [0.2, 0.25) is 0 Å². The van der Waals surface area contributed by atoms with Crippen molar-refractivity contribution in [3.63, 3.8) is 0 Å². The normalized spacial score (nSPS) is 11.5. The average molecular weight is 444 g/mol. The number of rotatable bonds is 5. The number of fused-ring (bicyclic) bond motifs is 1. The first-order valence-electron chi connectivity index (χ1n) is 8.68. The third kappa shape index (κ3) is 4.19. The first-order valence-corrected chi connectivity index (χ1v) is 10.9. The van der Waals surface area contributed by atoms with Gasteiger partial charge in [0.05, 0.1) is 4.90 Å². The molecule has 4 aromatic rings. The highest BCUT2D eigenvalue weighted by atomic mass is 35.5. The summed E-state index contributed by atoms with van der Waals surface area (Å²) in [6.07, 6.45) is 1.61. The van der Waals surface area contributed by atoms with E-state index in [1.54, 1.807) is 0 Å². The van der Waals surface area contributed by atoms with E-state index >= 15 is 0 Å². The molecule has 0 aliphatic rings. The Morgan fingerprint density at radius 3 is 2.38 bits per heavy atom. The lowest BCUT2D eigenvalue weighted by atomic mass is 9.99. The maximum absolute atomic E-state index is 12.8. The zero-order valence-electron chi connectivity index (χ0n) is 15.0. The Morgan fingerprint density at radius 1 is 0.862 bits per heavy atom. The molecule has 0 radical (unpaired) electrons. The van der Waals surface area contributed by atoms with E-state index < -0.39 is 10.0 Å². The van der Waals surface area contributed by atoms with Gasteiger partial charge in [-0.2, -0.15) is 0 Å². The van der Waals surface area contributed by atoms with Crippen LogP contribution in [0.5, 0.6) is 0 Å². The zero-order chi connectivity index (χ0) is 20.4. The molecule has 0 bridgehead atoms. The minimum Gasteiger partial charge on any atom is -0.263 e. The number of anilines is 1. The topological polar surface area (TPSA) is 72.0 Å². The molecule has 8 heteroatoms. The molecule has 146 valence electrons. The van der Waals surface area contributed by atoms with Gasteiger partial charge < -0.3 is 0 Å². The molecule has 1 heterocycles. The quantitative estimate of drug-likeness (QED) is 0.423. The lowest BCUT2D eigenvalue weighted by Gasteiger charge is -2.13. The Morgan fingerprint density at radius 2 is 1.59 bits per heavy atom. The molecule has 0 unspecified atom stereocenters. The summed E-state index contributed by atoms with van der Waals surface area (Å²) < 4.78 is 28.1. The van der Waals surface area contributed by atoms with Crippen molar-refractivity contribution in [2.75, 3.05) is 4.72 Å². The summed E-state index contributed by atoms with van der Waals surface area (Å²) in [6.45, 7) is 0. The number of sulfonamides is 1. The number of halogens is 2. The predicted molar refractivity (Wildman–Crippen MR) is 116 cm³/mol. The van der Waals surface area contributed by atoms with Crippen molar-refractivity contribution in [2.45, 2.75) is 11.3 Å². The van der Waals surface area contributed by atoms with E-state index in [0.717, 1.165) is 16.3 Å². The van der Waals surface area contributed by atoms with E-state index in [-0.39, 0.29) is 15.9 Å². The highest BCUT2D eigenvalue weighted by molar-refractivity contribution is 7.92. The average Bonchev–Trinajstić information content (AvgIpc) is 2.71. The van der Waals surface area contributed by atoms with Crippen LogP contribution >= 0.6 is 23.2 Å². The van der Waals surface area contributed by atoms with E-state index in [0.29, 0.717) is 17.0 Å². The van der Waals surface area contributed by atoms with Crippen LogP contribution in [0.4, 0.5) is 5.82 Å². The number of nitrogens with one attached hydrogen (secondary N) is 1. The standard InChI is InChI=1S/C21H15Cl2N3O2S/c22-16-8-10-17(11-9-16)29(27,28)26-21-19(20(23)24-13-25-21)12-15-6-3-5-14-4-1-2-7-18(14)15/h1-11,13H,12H2,(H,24,25,26). The third-order valence-electron chi connectivity index (χ3n) is 4.49. The van der Waals surface area contributed by atoms with Crippen molar-refractivity contribution >= 4 is 49.8 Å². The molecule has 4 rings (SSSR count). The van der Waals surface area contributed by atoms with Crippen LogP contribution in [0.1, 0.15) is 11.1 Å². The molecule has 3 aromatic carbocycles. The molecule has 29 heavy (non-hydrogen) atoms.